The highest BCUT2D eigenvalue weighted by Crippen LogP contribution is 2.34. The molecule has 1 aromatic carbocycles. The van der Waals surface area contributed by atoms with E-state index in [-0.39, 0.29) is 21.7 Å². The molecule has 0 radical (unpaired) electrons. The molecule has 1 N–H and O–H groups in total. The number of methoxy groups -OCH3 is 1. The summed E-state index contributed by atoms with van der Waals surface area (Å²) in [5, 5.41) is 5.29. The Morgan fingerprint density at radius 2 is 2.00 bits per heavy atom. The summed E-state index contributed by atoms with van der Waals surface area (Å²) in [6, 6.07) is 6.89. The Kier molecular flexibility index (Phi) is 6.24. The molecule has 162 valence electrons. The zero-order chi connectivity index (χ0) is 21.3. The number of rotatable bonds is 6. The molecular formula is C20H24ClN3O4S2. The largest absolute Gasteiger partial charge is 0.495 e. The molecule has 30 heavy (non-hydrogen) atoms. The van der Waals surface area contributed by atoms with Crippen molar-refractivity contribution in [2.45, 2.75) is 30.2 Å². The predicted molar refractivity (Wildman–Crippen MR) is 118 cm³/mol. The quantitative estimate of drug-likeness (QED) is 0.702. The van der Waals surface area contributed by atoms with Gasteiger partial charge in [-0.1, -0.05) is 11.6 Å². The second kappa shape index (κ2) is 8.74. The van der Waals surface area contributed by atoms with Gasteiger partial charge in [-0.05, 0) is 48.9 Å². The Morgan fingerprint density at radius 3 is 2.73 bits per heavy atom. The van der Waals surface area contributed by atoms with E-state index in [1.807, 2.05) is 12.1 Å². The minimum Gasteiger partial charge on any atom is -0.495 e. The van der Waals surface area contributed by atoms with Gasteiger partial charge in [0.15, 0.2) is 0 Å². The Balaban J connectivity index is 1.46. The number of carbonyl (C=O) groups is 1. The molecule has 2 aliphatic heterocycles. The Hall–Kier alpha value is -1.81. The highest BCUT2D eigenvalue weighted by molar-refractivity contribution is 7.89. The van der Waals surface area contributed by atoms with Crippen molar-refractivity contribution < 1.29 is 17.9 Å². The van der Waals surface area contributed by atoms with Gasteiger partial charge in [0.05, 0.1) is 12.8 Å². The van der Waals surface area contributed by atoms with Crippen LogP contribution in [0.5, 0.6) is 5.75 Å². The molecule has 2 aliphatic rings. The topological polar surface area (TPSA) is 79.0 Å². The number of benzene rings is 1. The van der Waals surface area contributed by atoms with Gasteiger partial charge in [-0.25, -0.2) is 8.42 Å². The van der Waals surface area contributed by atoms with Crippen LogP contribution >= 0.6 is 22.9 Å². The van der Waals surface area contributed by atoms with Crippen LogP contribution in [-0.2, 0) is 10.0 Å². The molecular weight excluding hydrogens is 446 g/mol. The molecule has 2 aromatic rings. The molecule has 1 aromatic heterocycles. The van der Waals surface area contributed by atoms with Crippen LogP contribution in [0.2, 0.25) is 5.02 Å². The van der Waals surface area contributed by atoms with Gasteiger partial charge in [-0.3, -0.25) is 4.79 Å². The molecule has 1 atom stereocenters. The number of carbonyl (C=O) groups excluding carboxylic acids is 1. The van der Waals surface area contributed by atoms with Crippen molar-refractivity contribution in [2.75, 3.05) is 38.2 Å². The summed E-state index contributed by atoms with van der Waals surface area (Å²) in [7, 11) is -2.02. The van der Waals surface area contributed by atoms with Crippen LogP contribution in [0, 0.1) is 0 Å². The lowest BCUT2D eigenvalue weighted by molar-refractivity contribution is 0.0941. The van der Waals surface area contributed by atoms with Crippen molar-refractivity contribution in [1.82, 2.24) is 9.62 Å². The zero-order valence-electron chi connectivity index (χ0n) is 16.6. The number of anilines is 1. The third-order valence-electron chi connectivity index (χ3n) is 5.52. The van der Waals surface area contributed by atoms with E-state index in [1.54, 1.807) is 18.6 Å². The van der Waals surface area contributed by atoms with Crippen LogP contribution in [0.15, 0.2) is 34.5 Å². The summed E-state index contributed by atoms with van der Waals surface area (Å²) in [6.07, 6.45) is 2.46. The van der Waals surface area contributed by atoms with Crippen molar-refractivity contribution >= 4 is 44.6 Å². The number of ether oxygens (including phenoxy) is 1. The van der Waals surface area contributed by atoms with Crippen molar-refractivity contribution in [3.05, 3.63) is 39.5 Å². The smallest absolute Gasteiger partial charge is 0.263 e. The second-order valence-corrected chi connectivity index (χ2v) is 10.7. The summed E-state index contributed by atoms with van der Waals surface area (Å²) < 4.78 is 32.7. The third-order valence-corrected chi connectivity index (χ3v) is 8.74. The molecule has 7 nitrogen and oxygen atoms in total. The molecule has 2 fully saturated rings. The van der Waals surface area contributed by atoms with Crippen LogP contribution < -0.4 is 15.0 Å². The highest BCUT2D eigenvalue weighted by atomic mass is 35.5. The van der Waals surface area contributed by atoms with Gasteiger partial charge >= 0.3 is 0 Å². The normalized spacial score (nSPS) is 19.9. The number of nitrogens with zero attached hydrogens (tertiary/aromatic N) is 2. The van der Waals surface area contributed by atoms with Gasteiger partial charge in [0.1, 0.15) is 15.5 Å². The summed E-state index contributed by atoms with van der Waals surface area (Å²) in [6.45, 7) is 2.36. The fourth-order valence-electron chi connectivity index (χ4n) is 3.99. The van der Waals surface area contributed by atoms with E-state index >= 15 is 0 Å². The van der Waals surface area contributed by atoms with E-state index < -0.39 is 10.0 Å². The van der Waals surface area contributed by atoms with E-state index in [0.717, 1.165) is 48.6 Å². The van der Waals surface area contributed by atoms with Crippen LogP contribution in [0.25, 0.3) is 0 Å². The lowest BCUT2D eigenvalue weighted by atomic mass is 10.2. The molecule has 0 aliphatic carbocycles. The van der Waals surface area contributed by atoms with E-state index in [4.69, 9.17) is 16.3 Å². The standard InChI is InChI=1S/C20H24ClN3O4S2/c1-28-17-5-4-14(21)12-16(17)23-10-6-15(13-23)22-20(25)19-18(7-11-29-19)30(26,27)24-8-2-3-9-24/h4-5,7,11-12,15H,2-3,6,8-10,13H2,1H3,(H,22,25). The monoisotopic (exact) mass is 469 g/mol. The first-order valence-corrected chi connectivity index (χ1v) is 12.6. The molecule has 1 amide bonds. The maximum Gasteiger partial charge on any atom is 0.263 e. The molecule has 0 saturated carbocycles. The van der Waals surface area contributed by atoms with Gasteiger partial charge in [0, 0.05) is 37.2 Å². The highest BCUT2D eigenvalue weighted by Gasteiger charge is 2.33. The van der Waals surface area contributed by atoms with Crippen molar-refractivity contribution in [1.29, 1.82) is 0 Å². The minimum absolute atomic E-state index is 0.0920. The first-order valence-electron chi connectivity index (χ1n) is 9.87. The lowest BCUT2D eigenvalue weighted by Crippen LogP contribution is -2.38. The Morgan fingerprint density at radius 1 is 1.23 bits per heavy atom. The molecule has 4 rings (SSSR count). The number of halogens is 1. The average molecular weight is 470 g/mol. The summed E-state index contributed by atoms with van der Waals surface area (Å²) in [4.78, 5) is 15.4. The van der Waals surface area contributed by atoms with Gasteiger partial charge in [0.2, 0.25) is 10.0 Å². The number of amides is 1. The number of nitrogens with one attached hydrogen (secondary N) is 1. The fourth-order valence-corrected chi connectivity index (χ4v) is 6.98. The number of sulfonamides is 1. The average Bonchev–Trinajstić information content (AvgIpc) is 3.48. The Bertz CT molecular complexity index is 1030. The lowest BCUT2D eigenvalue weighted by Gasteiger charge is -2.22. The molecule has 0 bridgehead atoms. The second-order valence-electron chi connectivity index (χ2n) is 7.45. The maximum atomic E-state index is 12.9. The first-order chi connectivity index (χ1) is 14.4. The van der Waals surface area contributed by atoms with Crippen molar-refractivity contribution in [3.63, 3.8) is 0 Å². The maximum absolute atomic E-state index is 12.9. The van der Waals surface area contributed by atoms with Crippen LogP contribution in [-0.4, -0.2) is 58.0 Å². The molecule has 2 saturated heterocycles. The zero-order valence-corrected chi connectivity index (χ0v) is 19.0. The molecule has 0 spiro atoms. The van der Waals surface area contributed by atoms with E-state index in [1.165, 1.54) is 10.4 Å². The van der Waals surface area contributed by atoms with Gasteiger partial charge < -0.3 is 15.0 Å². The van der Waals surface area contributed by atoms with Crippen LogP contribution in [0.4, 0.5) is 5.69 Å². The minimum atomic E-state index is -3.63. The Labute approximate surface area is 185 Å². The fraction of sp³-hybridized carbons (Fsp3) is 0.450. The van der Waals surface area contributed by atoms with Gasteiger partial charge in [0.25, 0.3) is 5.91 Å². The molecule has 10 heteroatoms. The van der Waals surface area contributed by atoms with E-state index in [0.29, 0.717) is 24.7 Å². The number of thiophene rings is 1. The molecule has 1 unspecified atom stereocenters. The van der Waals surface area contributed by atoms with Crippen molar-refractivity contribution in [2.24, 2.45) is 0 Å². The van der Waals surface area contributed by atoms with E-state index in [2.05, 4.69) is 10.2 Å². The summed E-state index contributed by atoms with van der Waals surface area (Å²) in [5.41, 5.74) is 0.884. The van der Waals surface area contributed by atoms with Gasteiger partial charge in [-0.15, -0.1) is 11.3 Å². The summed E-state index contributed by atoms with van der Waals surface area (Å²) in [5.74, 6) is 0.385. The number of hydrogen-bond acceptors (Lipinski definition) is 6. The van der Waals surface area contributed by atoms with Crippen LogP contribution in [0.1, 0.15) is 28.9 Å². The predicted octanol–water partition coefficient (Wildman–Crippen LogP) is 3.20. The van der Waals surface area contributed by atoms with Gasteiger partial charge in [-0.2, -0.15) is 4.31 Å². The summed E-state index contributed by atoms with van der Waals surface area (Å²) >= 11 is 7.31. The van der Waals surface area contributed by atoms with Crippen molar-refractivity contribution in [3.8, 4) is 5.75 Å². The van der Waals surface area contributed by atoms with E-state index in [9.17, 15) is 13.2 Å². The molecule has 3 heterocycles. The number of hydrogen-bond donors (Lipinski definition) is 1. The van der Waals surface area contributed by atoms with Crippen LogP contribution in [0.3, 0.4) is 0 Å². The first kappa shape index (κ1) is 21.4. The SMILES string of the molecule is COc1ccc(Cl)cc1N1CCC(NC(=O)c2sccc2S(=O)(=O)N2CCCC2)C1. The third kappa shape index (κ3) is 4.16.